The topological polar surface area (TPSA) is 9.23 Å². The molecule has 3 heteroatoms. The number of fused-ring (bicyclic) bond motifs is 1. The summed E-state index contributed by atoms with van der Waals surface area (Å²) in [6.07, 6.45) is 27.9. The van der Waals surface area contributed by atoms with Crippen LogP contribution in [0.5, 0.6) is 5.75 Å². The van der Waals surface area contributed by atoms with Gasteiger partial charge in [-0.3, -0.25) is 0 Å². The molecule has 0 aromatic heterocycles. The maximum atomic E-state index is 14.6. The van der Waals surface area contributed by atoms with Crippen LogP contribution in [0.25, 0.3) is 0 Å². The van der Waals surface area contributed by atoms with Gasteiger partial charge in [-0.25, -0.2) is 4.39 Å². The highest BCUT2D eigenvalue weighted by Crippen LogP contribution is 2.51. The number of hydrogen-bond acceptors (Lipinski definition) is 1. The molecule has 5 rings (SSSR count). The molecule has 0 aliphatic heterocycles. The molecular formula is C37H56F2O. The summed E-state index contributed by atoms with van der Waals surface area (Å²) in [6, 6.07) is 3.31. The number of halogens is 2. The van der Waals surface area contributed by atoms with Crippen molar-refractivity contribution in [1.29, 1.82) is 0 Å². The number of rotatable bonds is 10. The first-order valence-electron chi connectivity index (χ1n) is 17.3. The van der Waals surface area contributed by atoms with Crippen LogP contribution in [0.2, 0.25) is 0 Å². The van der Waals surface area contributed by atoms with E-state index in [-0.39, 0.29) is 5.75 Å². The second kappa shape index (κ2) is 14.7. The molecule has 4 unspecified atom stereocenters. The summed E-state index contributed by atoms with van der Waals surface area (Å²) in [7, 11) is 0. The van der Waals surface area contributed by atoms with Crippen LogP contribution in [0.15, 0.2) is 24.3 Å². The van der Waals surface area contributed by atoms with Gasteiger partial charge in [0.1, 0.15) is 0 Å². The van der Waals surface area contributed by atoms with Gasteiger partial charge in [-0.05, 0) is 162 Å². The first kappa shape index (κ1) is 30.1. The fourth-order valence-electron chi connectivity index (χ4n) is 9.52. The molecule has 4 aliphatic carbocycles. The van der Waals surface area contributed by atoms with Crippen molar-refractivity contribution in [2.75, 3.05) is 6.61 Å². The minimum atomic E-state index is -0.818. The molecule has 1 aromatic rings. The van der Waals surface area contributed by atoms with Gasteiger partial charge < -0.3 is 4.74 Å². The first-order valence-corrected chi connectivity index (χ1v) is 17.3. The van der Waals surface area contributed by atoms with E-state index in [2.05, 4.69) is 6.92 Å². The Balaban J connectivity index is 1.01. The van der Waals surface area contributed by atoms with Crippen molar-refractivity contribution < 1.29 is 13.5 Å². The molecule has 1 nitrogen and oxygen atoms in total. The molecule has 0 bridgehead atoms. The molecule has 4 atom stereocenters. The summed E-state index contributed by atoms with van der Waals surface area (Å²) in [5, 5.41) is 0. The van der Waals surface area contributed by atoms with Crippen molar-refractivity contribution in [2.24, 2.45) is 47.3 Å². The van der Waals surface area contributed by atoms with Gasteiger partial charge in [0.25, 0.3) is 0 Å². The number of aryl methyl sites for hydroxylation is 1. The van der Waals surface area contributed by atoms with Crippen LogP contribution in [0.1, 0.15) is 129 Å². The molecule has 4 fully saturated rings. The Bertz CT molecular complexity index is 940. The number of hydrogen-bond donors (Lipinski definition) is 0. The van der Waals surface area contributed by atoms with Gasteiger partial charge in [-0.15, -0.1) is 0 Å². The van der Waals surface area contributed by atoms with E-state index >= 15 is 0 Å². The van der Waals surface area contributed by atoms with Crippen molar-refractivity contribution >= 4 is 0 Å². The molecule has 4 saturated carbocycles. The van der Waals surface area contributed by atoms with Crippen molar-refractivity contribution in [1.82, 2.24) is 0 Å². The molecule has 40 heavy (non-hydrogen) atoms. The highest BCUT2D eigenvalue weighted by molar-refractivity contribution is 5.31. The quantitative estimate of drug-likeness (QED) is 0.261. The lowest BCUT2D eigenvalue weighted by atomic mass is 9.60. The summed E-state index contributed by atoms with van der Waals surface area (Å²) in [6.45, 7) is 4.81. The van der Waals surface area contributed by atoms with E-state index in [9.17, 15) is 8.78 Å². The van der Waals surface area contributed by atoms with Crippen molar-refractivity contribution in [2.45, 2.75) is 129 Å². The SMILES string of the molecule is CC=CCCc1ccc(OCC2CCC(C3CCC(C4CCC5CC(CCC)CCC5C4)CC3)CC2)c(F)c1F. The van der Waals surface area contributed by atoms with Crippen LogP contribution in [0.4, 0.5) is 8.78 Å². The van der Waals surface area contributed by atoms with Gasteiger partial charge >= 0.3 is 0 Å². The zero-order valence-corrected chi connectivity index (χ0v) is 25.5. The molecule has 0 radical (unpaired) electrons. The van der Waals surface area contributed by atoms with Crippen LogP contribution >= 0.6 is 0 Å². The smallest absolute Gasteiger partial charge is 0.200 e. The fourth-order valence-corrected chi connectivity index (χ4v) is 9.52. The normalized spacial score (nSPS) is 35.0. The number of allylic oxidation sites excluding steroid dienone is 2. The predicted octanol–water partition coefficient (Wildman–Crippen LogP) is 11.1. The summed E-state index contributed by atoms with van der Waals surface area (Å²) >= 11 is 0. The van der Waals surface area contributed by atoms with E-state index in [1.165, 1.54) is 89.9 Å². The highest BCUT2D eigenvalue weighted by Gasteiger charge is 2.39. The van der Waals surface area contributed by atoms with Crippen LogP contribution in [0.3, 0.4) is 0 Å². The Hall–Kier alpha value is -1.38. The lowest BCUT2D eigenvalue weighted by Crippen LogP contribution is -2.35. The predicted molar refractivity (Wildman–Crippen MR) is 162 cm³/mol. The Kier molecular flexibility index (Phi) is 11.0. The Morgan fingerprint density at radius 3 is 1.93 bits per heavy atom. The molecule has 0 spiro atoms. The summed E-state index contributed by atoms with van der Waals surface area (Å²) in [4.78, 5) is 0. The number of ether oxygens (including phenoxy) is 1. The average molecular weight is 555 g/mol. The third-order valence-electron chi connectivity index (χ3n) is 11.9. The Morgan fingerprint density at radius 1 is 0.700 bits per heavy atom. The Labute approximate surface area is 243 Å². The molecular weight excluding hydrogens is 498 g/mol. The molecule has 0 heterocycles. The van der Waals surface area contributed by atoms with Crippen LogP contribution in [-0.4, -0.2) is 6.61 Å². The monoisotopic (exact) mass is 554 g/mol. The van der Waals surface area contributed by atoms with E-state index in [1.54, 1.807) is 25.0 Å². The van der Waals surface area contributed by atoms with Crippen LogP contribution in [0, 0.1) is 59.0 Å². The summed E-state index contributed by atoms with van der Waals surface area (Å²) in [5.41, 5.74) is 0.431. The molecule has 1 aromatic carbocycles. The van der Waals surface area contributed by atoms with Gasteiger partial charge in [0.05, 0.1) is 6.61 Å². The van der Waals surface area contributed by atoms with E-state index in [0.29, 0.717) is 24.5 Å². The molecule has 224 valence electrons. The third kappa shape index (κ3) is 7.52. The number of benzene rings is 1. The fraction of sp³-hybridized carbons (Fsp3) is 0.784. The standard InChI is InChI=1S/C37H56F2O/c1-3-5-6-8-31-21-22-35(37(39)36(31)38)40-25-27-10-12-28(13-11-27)29-15-17-30(18-16-29)33-20-19-32-23-26(7-4-2)9-14-34(32)24-33/h3,5,21-22,26-30,32-34H,4,6-20,23-25H2,1-2H3. The van der Waals surface area contributed by atoms with Crippen LogP contribution < -0.4 is 4.74 Å². The van der Waals surface area contributed by atoms with Crippen molar-refractivity contribution in [3.63, 3.8) is 0 Å². The zero-order chi connectivity index (χ0) is 27.9. The molecule has 4 aliphatic rings. The highest BCUT2D eigenvalue weighted by atomic mass is 19.2. The van der Waals surface area contributed by atoms with E-state index in [0.717, 1.165) is 47.8 Å². The Morgan fingerprint density at radius 2 is 1.25 bits per heavy atom. The summed E-state index contributed by atoms with van der Waals surface area (Å²) < 4.78 is 34.9. The second-order valence-corrected chi connectivity index (χ2v) is 14.3. The van der Waals surface area contributed by atoms with Gasteiger partial charge in [0.2, 0.25) is 5.82 Å². The first-order chi connectivity index (χ1) is 19.6. The maximum Gasteiger partial charge on any atom is 0.200 e. The lowest BCUT2D eigenvalue weighted by molar-refractivity contribution is 0.0489. The second-order valence-electron chi connectivity index (χ2n) is 14.3. The summed E-state index contributed by atoms with van der Waals surface area (Å²) in [5.74, 6) is 5.93. The minimum absolute atomic E-state index is 0.0794. The van der Waals surface area contributed by atoms with Gasteiger partial charge in [0, 0.05) is 0 Å². The molecule has 0 amide bonds. The van der Waals surface area contributed by atoms with E-state index in [4.69, 9.17) is 4.74 Å². The lowest BCUT2D eigenvalue weighted by Gasteiger charge is -2.46. The van der Waals surface area contributed by atoms with E-state index < -0.39 is 11.6 Å². The zero-order valence-electron chi connectivity index (χ0n) is 25.5. The van der Waals surface area contributed by atoms with E-state index in [1.807, 2.05) is 19.1 Å². The van der Waals surface area contributed by atoms with Crippen molar-refractivity contribution in [3.05, 3.63) is 41.5 Å². The molecule has 0 saturated heterocycles. The van der Waals surface area contributed by atoms with Crippen molar-refractivity contribution in [3.8, 4) is 5.75 Å². The van der Waals surface area contributed by atoms with Gasteiger partial charge in [-0.1, -0.05) is 44.4 Å². The molecule has 0 N–H and O–H groups in total. The van der Waals surface area contributed by atoms with Gasteiger partial charge in [0.15, 0.2) is 11.6 Å². The largest absolute Gasteiger partial charge is 0.490 e. The third-order valence-corrected chi connectivity index (χ3v) is 11.9. The average Bonchev–Trinajstić information content (AvgIpc) is 2.99. The van der Waals surface area contributed by atoms with Crippen LogP contribution in [-0.2, 0) is 6.42 Å². The maximum absolute atomic E-state index is 14.6. The van der Waals surface area contributed by atoms with Gasteiger partial charge in [-0.2, -0.15) is 4.39 Å². The minimum Gasteiger partial charge on any atom is -0.490 e.